The highest BCUT2D eigenvalue weighted by Crippen LogP contribution is 2.23. The number of nitrogen functional groups attached to an aromatic ring is 1. The van der Waals surface area contributed by atoms with Crippen molar-refractivity contribution in [3.63, 3.8) is 0 Å². The van der Waals surface area contributed by atoms with Crippen LogP contribution in [0.25, 0.3) is 0 Å². The molecule has 1 saturated heterocycles. The summed E-state index contributed by atoms with van der Waals surface area (Å²) in [5.74, 6) is 1.22. The average molecular weight is 237 g/mol. The van der Waals surface area contributed by atoms with Crippen molar-refractivity contribution < 1.29 is 9.47 Å². The first-order valence-electron chi connectivity index (χ1n) is 5.89. The van der Waals surface area contributed by atoms with Crippen molar-refractivity contribution >= 4 is 11.5 Å². The number of hydrogen-bond donors (Lipinski definition) is 2. The maximum atomic E-state index is 5.87. The van der Waals surface area contributed by atoms with Crippen LogP contribution in [-0.2, 0) is 4.74 Å². The monoisotopic (exact) mass is 237 g/mol. The van der Waals surface area contributed by atoms with Crippen LogP contribution >= 0.6 is 0 Å². The standard InChI is InChI=1S/C12H19N3O2/c1-8(10-4-3-7-17-10)14-12-9(13)5-6-11(15-12)16-2/h5-6,8,10H,3-4,7,13H2,1-2H3,(H,14,15). The number of nitrogens with zero attached hydrogens (tertiary/aromatic N) is 1. The Morgan fingerprint density at radius 1 is 1.59 bits per heavy atom. The molecule has 1 aliphatic heterocycles. The summed E-state index contributed by atoms with van der Waals surface area (Å²) < 4.78 is 10.7. The maximum Gasteiger partial charge on any atom is 0.215 e. The zero-order valence-corrected chi connectivity index (χ0v) is 10.3. The third-order valence-electron chi connectivity index (χ3n) is 3.00. The lowest BCUT2D eigenvalue weighted by Gasteiger charge is -2.21. The smallest absolute Gasteiger partial charge is 0.215 e. The zero-order valence-electron chi connectivity index (χ0n) is 10.3. The lowest BCUT2D eigenvalue weighted by atomic mass is 10.1. The van der Waals surface area contributed by atoms with Crippen LogP contribution in [0.2, 0.25) is 0 Å². The Morgan fingerprint density at radius 2 is 2.41 bits per heavy atom. The molecule has 1 aromatic heterocycles. The zero-order chi connectivity index (χ0) is 12.3. The molecular formula is C12H19N3O2. The van der Waals surface area contributed by atoms with Gasteiger partial charge >= 0.3 is 0 Å². The Balaban J connectivity index is 2.06. The van der Waals surface area contributed by atoms with Crippen LogP contribution < -0.4 is 15.8 Å². The van der Waals surface area contributed by atoms with E-state index in [4.69, 9.17) is 15.2 Å². The van der Waals surface area contributed by atoms with Gasteiger partial charge in [0.15, 0.2) is 5.82 Å². The molecule has 5 nitrogen and oxygen atoms in total. The Labute approximate surface area is 101 Å². The largest absolute Gasteiger partial charge is 0.481 e. The van der Waals surface area contributed by atoms with Crippen molar-refractivity contribution in [2.75, 3.05) is 24.8 Å². The highest BCUT2D eigenvalue weighted by Gasteiger charge is 2.23. The number of nitrogens with one attached hydrogen (secondary N) is 1. The first-order chi connectivity index (χ1) is 8.20. The first kappa shape index (κ1) is 12.0. The lowest BCUT2D eigenvalue weighted by molar-refractivity contribution is 0.0995. The number of nitrogens with two attached hydrogens (primary N) is 1. The fraction of sp³-hybridized carbons (Fsp3) is 0.583. The number of rotatable bonds is 4. The third kappa shape index (κ3) is 2.79. The summed E-state index contributed by atoms with van der Waals surface area (Å²) in [6.45, 7) is 2.92. The lowest BCUT2D eigenvalue weighted by Crippen LogP contribution is -2.30. The molecule has 2 heterocycles. The summed E-state index contributed by atoms with van der Waals surface area (Å²) in [5, 5.41) is 3.29. The highest BCUT2D eigenvalue weighted by molar-refractivity contribution is 5.62. The van der Waals surface area contributed by atoms with Crippen LogP contribution in [0.15, 0.2) is 12.1 Å². The van der Waals surface area contributed by atoms with Crippen LogP contribution in [0.4, 0.5) is 11.5 Å². The minimum atomic E-state index is 0.194. The molecule has 0 aromatic carbocycles. The Bertz CT molecular complexity index is 378. The minimum absolute atomic E-state index is 0.194. The summed E-state index contributed by atoms with van der Waals surface area (Å²) in [6.07, 6.45) is 2.44. The van der Waals surface area contributed by atoms with E-state index >= 15 is 0 Å². The molecule has 0 saturated carbocycles. The predicted octanol–water partition coefficient (Wildman–Crippen LogP) is 1.65. The number of methoxy groups -OCH3 is 1. The van der Waals surface area contributed by atoms with Crippen molar-refractivity contribution in [1.82, 2.24) is 4.98 Å². The molecule has 0 spiro atoms. The van der Waals surface area contributed by atoms with Crippen LogP contribution in [0.3, 0.4) is 0 Å². The van der Waals surface area contributed by atoms with Gasteiger partial charge in [0, 0.05) is 12.7 Å². The molecular weight excluding hydrogens is 218 g/mol. The van der Waals surface area contributed by atoms with E-state index in [1.54, 1.807) is 19.2 Å². The van der Waals surface area contributed by atoms with Gasteiger partial charge in [0.25, 0.3) is 0 Å². The molecule has 94 valence electrons. The van der Waals surface area contributed by atoms with Gasteiger partial charge in [-0.3, -0.25) is 0 Å². The van der Waals surface area contributed by atoms with Crippen molar-refractivity contribution in [3.05, 3.63) is 12.1 Å². The van der Waals surface area contributed by atoms with Gasteiger partial charge in [-0.25, -0.2) is 0 Å². The van der Waals surface area contributed by atoms with Gasteiger partial charge < -0.3 is 20.5 Å². The molecule has 0 radical (unpaired) electrons. The van der Waals surface area contributed by atoms with Crippen molar-refractivity contribution in [3.8, 4) is 5.88 Å². The van der Waals surface area contributed by atoms with Crippen LogP contribution in [0.5, 0.6) is 5.88 Å². The van der Waals surface area contributed by atoms with Gasteiger partial charge in [0.2, 0.25) is 5.88 Å². The van der Waals surface area contributed by atoms with E-state index in [1.807, 2.05) is 0 Å². The Hall–Kier alpha value is -1.49. The van der Waals surface area contributed by atoms with E-state index < -0.39 is 0 Å². The van der Waals surface area contributed by atoms with Gasteiger partial charge in [-0.2, -0.15) is 4.98 Å². The second-order valence-corrected chi connectivity index (χ2v) is 4.28. The summed E-state index contributed by atoms with van der Waals surface area (Å²) in [7, 11) is 1.59. The van der Waals surface area contributed by atoms with Crippen LogP contribution in [0, 0.1) is 0 Å². The van der Waals surface area contributed by atoms with Gasteiger partial charge in [-0.05, 0) is 25.8 Å². The second kappa shape index (κ2) is 5.23. The molecule has 2 atom stereocenters. The second-order valence-electron chi connectivity index (χ2n) is 4.28. The Kier molecular flexibility index (Phi) is 3.68. The summed E-state index contributed by atoms with van der Waals surface area (Å²) in [4.78, 5) is 4.29. The number of hydrogen-bond acceptors (Lipinski definition) is 5. The van der Waals surface area contributed by atoms with E-state index in [2.05, 4.69) is 17.2 Å². The normalized spacial score (nSPS) is 21.2. The molecule has 2 rings (SSSR count). The van der Waals surface area contributed by atoms with E-state index in [9.17, 15) is 0 Å². The number of pyridine rings is 1. The molecule has 17 heavy (non-hydrogen) atoms. The number of anilines is 2. The fourth-order valence-electron chi connectivity index (χ4n) is 1.99. The van der Waals surface area contributed by atoms with Gasteiger partial charge in [0.1, 0.15) is 0 Å². The summed E-state index contributed by atoms with van der Waals surface area (Å²) >= 11 is 0. The average Bonchev–Trinajstić information content (AvgIpc) is 2.85. The van der Waals surface area contributed by atoms with Gasteiger partial charge in [-0.1, -0.05) is 0 Å². The molecule has 0 aliphatic carbocycles. The number of ether oxygens (including phenoxy) is 2. The van der Waals surface area contributed by atoms with Gasteiger partial charge in [-0.15, -0.1) is 0 Å². The molecule has 1 aliphatic rings. The molecule has 5 heteroatoms. The summed E-state index contributed by atoms with van der Waals surface area (Å²) in [6, 6.07) is 3.73. The first-order valence-corrected chi connectivity index (χ1v) is 5.89. The number of aromatic nitrogens is 1. The van der Waals surface area contributed by atoms with Crippen molar-refractivity contribution in [1.29, 1.82) is 0 Å². The van der Waals surface area contributed by atoms with Crippen molar-refractivity contribution in [2.45, 2.75) is 31.9 Å². The van der Waals surface area contributed by atoms with Crippen LogP contribution in [-0.4, -0.2) is 30.8 Å². The highest BCUT2D eigenvalue weighted by atomic mass is 16.5. The predicted molar refractivity (Wildman–Crippen MR) is 67.3 cm³/mol. The van der Waals surface area contributed by atoms with Gasteiger partial charge in [0.05, 0.1) is 24.9 Å². The van der Waals surface area contributed by atoms with E-state index in [0.29, 0.717) is 17.4 Å². The molecule has 1 aromatic rings. The topological polar surface area (TPSA) is 69.4 Å². The minimum Gasteiger partial charge on any atom is -0.481 e. The van der Waals surface area contributed by atoms with E-state index in [1.165, 1.54) is 0 Å². The Morgan fingerprint density at radius 3 is 3.06 bits per heavy atom. The molecule has 1 fully saturated rings. The van der Waals surface area contributed by atoms with Crippen molar-refractivity contribution in [2.24, 2.45) is 0 Å². The molecule has 0 bridgehead atoms. The quantitative estimate of drug-likeness (QED) is 0.833. The van der Waals surface area contributed by atoms with Crippen LogP contribution in [0.1, 0.15) is 19.8 Å². The maximum absolute atomic E-state index is 5.87. The third-order valence-corrected chi connectivity index (χ3v) is 3.00. The SMILES string of the molecule is COc1ccc(N)c(NC(C)C2CCCO2)n1. The molecule has 2 unspecified atom stereocenters. The molecule has 3 N–H and O–H groups in total. The fourth-order valence-corrected chi connectivity index (χ4v) is 1.99. The van der Waals surface area contributed by atoms with E-state index in [0.717, 1.165) is 19.4 Å². The van der Waals surface area contributed by atoms with E-state index in [-0.39, 0.29) is 12.1 Å². The summed E-state index contributed by atoms with van der Waals surface area (Å²) in [5.41, 5.74) is 6.49. The molecule has 0 amide bonds.